The number of imidazole rings is 1. The third-order valence-corrected chi connectivity index (χ3v) is 3.80. The summed E-state index contributed by atoms with van der Waals surface area (Å²) >= 11 is 0. The van der Waals surface area contributed by atoms with Crippen molar-refractivity contribution in [2.75, 3.05) is 6.54 Å². The molecule has 1 N–H and O–H groups in total. The Kier molecular flexibility index (Phi) is 4.31. The standard InChI is InChI=1S/C15H27N3O/c1-11-12(2)18(10-16-11)9-14-7-6-13(19-14)8-17-15(3,4)5/h10,13-14,17H,6-9H2,1-5H3. The van der Waals surface area contributed by atoms with Crippen molar-refractivity contribution < 1.29 is 4.74 Å². The van der Waals surface area contributed by atoms with Gasteiger partial charge in [0.2, 0.25) is 0 Å². The molecule has 1 aromatic heterocycles. The molecule has 19 heavy (non-hydrogen) atoms. The fourth-order valence-corrected chi connectivity index (χ4v) is 2.43. The third-order valence-electron chi connectivity index (χ3n) is 3.80. The van der Waals surface area contributed by atoms with Crippen LogP contribution >= 0.6 is 0 Å². The van der Waals surface area contributed by atoms with Gasteiger partial charge in [0.05, 0.1) is 30.8 Å². The zero-order valence-corrected chi connectivity index (χ0v) is 12.9. The highest BCUT2D eigenvalue weighted by Crippen LogP contribution is 2.22. The van der Waals surface area contributed by atoms with Gasteiger partial charge in [0.15, 0.2) is 0 Å². The van der Waals surface area contributed by atoms with Crippen LogP contribution in [0.25, 0.3) is 0 Å². The first-order chi connectivity index (χ1) is 8.85. The van der Waals surface area contributed by atoms with Gasteiger partial charge < -0.3 is 14.6 Å². The van der Waals surface area contributed by atoms with Crippen molar-refractivity contribution in [3.63, 3.8) is 0 Å². The van der Waals surface area contributed by atoms with Crippen molar-refractivity contribution in [3.05, 3.63) is 17.7 Å². The average molecular weight is 265 g/mol. The van der Waals surface area contributed by atoms with Gasteiger partial charge in [0.1, 0.15) is 0 Å². The van der Waals surface area contributed by atoms with Crippen LogP contribution in [0, 0.1) is 13.8 Å². The highest BCUT2D eigenvalue weighted by atomic mass is 16.5. The molecule has 0 bridgehead atoms. The summed E-state index contributed by atoms with van der Waals surface area (Å²) in [6, 6.07) is 0. The molecule has 2 unspecified atom stereocenters. The summed E-state index contributed by atoms with van der Waals surface area (Å²) in [5, 5.41) is 3.52. The van der Waals surface area contributed by atoms with Gasteiger partial charge in [-0.05, 0) is 47.5 Å². The van der Waals surface area contributed by atoms with Gasteiger partial charge in [-0.25, -0.2) is 4.98 Å². The summed E-state index contributed by atoms with van der Waals surface area (Å²) in [4.78, 5) is 4.34. The molecule has 0 aromatic carbocycles. The first-order valence-electron chi connectivity index (χ1n) is 7.24. The van der Waals surface area contributed by atoms with Crippen molar-refractivity contribution >= 4 is 0 Å². The second kappa shape index (κ2) is 5.63. The first kappa shape index (κ1) is 14.5. The van der Waals surface area contributed by atoms with Crippen LogP contribution in [0.4, 0.5) is 0 Å². The first-order valence-corrected chi connectivity index (χ1v) is 7.24. The second-order valence-corrected chi connectivity index (χ2v) is 6.66. The largest absolute Gasteiger partial charge is 0.372 e. The van der Waals surface area contributed by atoms with Crippen LogP contribution in [0.2, 0.25) is 0 Å². The Labute approximate surface area is 116 Å². The van der Waals surface area contributed by atoms with Crippen LogP contribution in [0.5, 0.6) is 0 Å². The molecule has 0 spiro atoms. The minimum Gasteiger partial charge on any atom is -0.372 e. The van der Waals surface area contributed by atoms with E-state index in [-0.39, 0.29) is 5.54 Å². The zero-order chi connectivity index (χ0) is 14.0. The third kappa shape index (κ3) is 4.05. The zero-order valence-electron chi connectivity index (χ0n) is 12.9. The van der Waals surface area contributed by atoms with Crippen molar-refractivity contribution in [1.29, 1.82) is 0 Å². The SMILES string of the molecule is Cc1ncn(CC2CCC(CNC(C)(C)C)O2)c1C. The predicted octanol–water partition coefficient (Wildman–Crippen LogP) is 2.44. The average Bonchev–Trinajstić information content (AvgIpc) is 2.88. The van der Waals surface area contributed by atoms with E-state index >= 15 is 0 Å². The molecule has 4 heteroatoms. The molecular weight excluding hydrogens is 238 g/mol. The molecule has 2 heterocycles. The molecule has 1 fully saturated rings. The van der Waals surface area contributed by atoms with Gasteiger partial charge in [-0.15, -0.1) is 0 Å². The Bertz CT molecular complexity index is 420. The Balaban J connectivity index is 1.81. The number of hydrogen-bond acceptors (Lipinski definition) is 3. The highest BCUT2D eigenvalue weighted by molar-refractivity contribution is 5.08. The maximum absolute atomic E-state index is 6.11. The van der Waals surface area contributed by atoms with Crippen molar-refractivity contribution in [3.8, 4) is 0 Å². The number of aromatic nitrogens is 2. The molecule has 2 atom stereocenters. The van der Waals surface area contributed by atoms with Crippen molar-refractivity contribution in [2.24, 2.45) is 0 Å². The van der Waals surface area contributed by atoms with Gasteiger partial charge in [-0.1, -0.05) is 0 Å². The molecular formula is C15H27N3O. The Hall–Kier alpha value is -0.870. The number of ether oxygens (including phenoxy) is 1. The molecule has 1 aliphatic rings. The van der Waals surface area contributed by atoms with Crippen LogP contribution < -0.4 is 5.32 Å². The molecule has 0 saturated carbocycles. The van der Waals surface area contributed by atoms with E-state index < -0.39 is 0 Å². The number of aryl methyl sites for hydroxylation is 1. The summed E-state index contributed by atoms with van der Waals surface area (Å²) in [5.74, 6) is 0. The van der Waals surface area contributed by atoms with E-state index in [0.29, 0.717) is 12.2 Å². The predicted molar refractivity (Wildman–Crippen MR) is 77.4 cm³/mol. The molecule has 0 aliphatic carbocycles. The Morgan fingerprint density at radius 3 is 2.58 bits per heavy atom. The summed E-state index contributed by atoms with van der Waals surface area (Å²) in [5.41, 5.74) is 2.53. The summed E-state index contributed by atoms with van der Waals surface area (Å²) < 4.78 is 8.32. The monoisotopic (exact) mass is 265 g/mol. The van der Waals surface area contributed by atoms with E-state index in [1.165, 1.54) is 5.69 Å². The fraction of sp³-hybridized carbons (Fsp3) is 0.800. The van der Waals surface area contributed by atoms with Gasteiger partial charge in [0, 0.05) is 17.8 Å². The van der Waals surface area contributed by atoms with Gasteiger partial charge in [-0.3, -0.25) is 0 Å². The van der Waals surface area contributed by atoms with Crippen molar-refractivity contribution in [2.45, 2.75) is 71.8 Å². The van der Waals surface area contributed by atoms with E-state index in [4.69, 9.17) is 4.74 Å². The van der Waals surface area contributed by atoms with Crippen LogP contribution in [0.15, 0.2) is 6.33 Å². The summed E-state index contributed by atoms with van der Waals surface area (Å²) in [6.45, 7) is 12.6. The molecule has 1 aliphatic heterocycles. The minimum absolute atomic E-state index is 0.166. The van der Waals surface area contributed by atoms with E-state index in [1.54, 1.807) is 0 Å². The Morgan fingerprint density at radius 2 is 2.00 bits per heavy atom. The lowest BCUT2D eigenvalue weighted by atomic mass is 10.1. The van der Waals surface area contributed by atoms with E-state index in [0.717, 1.165) is 31.6 Å². The normalized spacial score (nSPS) is 24.1. The topological polar surface area (TPSA) is 39.1 Å². The summed E-state index contributed by atoms with van der Waals surface area (Å²) in [6.07, 6.45) is 4.91. The lowest BCUT2D eigenvalue weighted by Gasteiger charge is -2.23. The smallest absolute Gasteiger partial charge is 0.0952 e. The quantitative estimate of drug-likeness (QED) is 0.909. The molecule has 1 aromatic rings. The lowest BCUT2D eigenvalue weighted by Crippen LogP contribution is -2.41. The van der Waals surface area contributed by atoms with Crippen LogP contribution in [0.3, 0.4) is 0 Å². The van der Waals surface area contributed by atoms with Crippen LogP contribution in [0.1, 0.15) is 45.0 Å². The molecule has 0 amide bonds. The van der Waals surface area contributed by atoms with Gasteiger partial charge >= 0.3 is 0 Å². The highest BCUT2D eigenvalue weighted by Gasteiger charge is 2.26. The molecule has 0 radical (unpaired) electrons. The summed E-state index contributed by atoms with van der Waals surface area (Å²) in [7, 11) is 0. The molecule has 108 valence electrons. The number of nitrogens with one attached hydrogen (secondary N) is 1. The maximum atomic E-state index is 6.11. The van der Waals surface area contributed by atoms with Crippen LogP contribution in [-0.4, -0.2) is 33.8 Å². The number of nitrogens with zero attached hydrogens (tertiary/aromatic N) is 2. The van der Waals surface area contributed by atoms with E-state index in [1.807, 2.05) is 6.33 Å². The minimum atomic E-state index is 0.166. The molecule has 1 saturated heterocycles. The number of rotatable bonds is 4. The Morgan fingerprint density at radius 1 is 1.32 bits per heavy atom. The molecule has 4 nitrogen and oxygen atoms in total. The van der Waals surface area contributed by atoms with Crippen LogP contribution in [-0.2, 0) is 11.3 Å². The second-order valence-electron chi connectivity index (χ2n) is 6.66. The number of hydrogen-bond donors (Lipinski definition) is 1. The molecule has 2 rings (SSSR count). The van der Waals surface area contributed by atoms with Crippen molar-refractivity contribution in [1.82, 2.24) is 14.9 Å². The lowest BCUT2D eigenvalue weighted by molar-refractivity contribution is 0.0328. The maximum Gasteiger partial charge on any atom is 0.0952 e. The fourth-order valence-electron chi connectivity index (χ4n) is 2.43. The van der Waals surface area contributed by atoms with E-state index in [9.17, 15) is 0 Å². The van der Waals surface area contributed by atoms with Gasteiger partial charge in [-0.2, -0.15) is 0 Å². The van der Waals surface area contributed by atoms with E-state index in [2.05, 4.69) is 49.5 Å². The van der Waals surface area contributed by atoms with Gasteiger partial charge in [0.25, 0.3) is 0 Å².